The van der Waals surface area contributed by atoms with Gasteiger partial charge in [-0.1, -0.05) is 23.7 Å². The molecule has 2 N–H and O–H groups in total. The van der Waals surface area contributed by atoms with Crippen molar-refractivity contribution in [1.29, 1.82) is 0 Å². The van der Waals surface area contributed by atoms with Crippen molar-refractivity contribution in [3.63, 3.8) is 0 Å². The number of aromatic nitrogens is 2. The zero-order valence-corrected chi connectivity index (χ0v) is 13.5. The van der Waals surface area contributed by atoms with Crippen molar-refractivity contribution in [2.24, 2.45) is 5.92 Å². The second-order valence-electron chi connectivity index (χ2n) is 5.97. The summed E-state index contributed by atoms with van der Waals surface area (Å²) in [6.07, 6.45) is 5.45. The number of carbonyl (C=O) groups excluding carboxylic acids is 1. The van der Waals surface area contributed by atoms with Gasteiger partial charge in [0, 0.05) is 18.8 Å². The molecule has 1 fully saturated rings. The van der Waals surface area contributed by atoms with Crippen LogP contribution in [0.5, 0.6) is 0 Å². The van der Waals surface area contributed by atoms with E-state index in [1.165, 1.54) is 0 Å². The zero-order valence-electron chi connectivity index (χ0n) is 12.8. The number of aliphatic hydroxyl groups is 1. The molecule has 0 aliphatic heterocycles. The first kappa shape index (κ1) is 16.0. The fraction of sp³-hybridized carbons (Fsp3) is 0.412. The van der Waals surface area contributed by atoms with Crippen LogP contribution in [0.25, 0.3) is 5.69 Å². The minimum atomic E-state index is -0.164. The lowest BCUT2D eigenvalue weighted by molar-refractivity contribution is 0.0908. The lowest BCUT2D eigenvalue weighted by Gasteiger charge is -2.27. The highest BCUT2D eigenvalue weighted by Gasteiger charge is 2.23. The van der Waals surface area contributed by atoms with E-state index in [1.54, 1.807) is 23.0 Å². The molecule has 23 heavy (non-hydrogen) atoms. The number of nitrogens with zero attached hydrogens (tertiary/aromatic N) is 2. The van der Waals surface area contributed by atoms with Gasteiger partial charge >= 0.3 is 0 Å². The molecule has 6 heteroatoms. The van der Waals surface area contributed by atoms with Crippen LogP contribution >= 0.6 is 11.6 Å². The molecule has 5 nitrogen and oxygen atoms in total. The van der Waals surface area contributed by atoms with Gasteiger partial charge in [-0.25, -0.2) is 4.68 Å². The van der Waals surface area contributed by atoms with Crippen molar-refractivity contribution in [3.05, 3.63) is 47.2 Å². The minimum Gasteiger partial charge on any atom is -0.396 e. The molecule has 0 radical (unpaired) electrons. The first-order valence-corrected chi connectivity index (χ1v) is 8.27. The Bertz CT molecular complexity index is 678. The van der Waals surface area contributed by atoms with E-state index in [-0.39, 0.29) is 18.6 Å². The maximum atomic E-state index is 12.3. The largest absolute Gasteiger partial charge is 0.396 e. The average Bonchev–Trinajstić information content (AvgIpc) is 3.06. The summed E-state index contributed by atoms with van der Waals surface area (Å²) in [5, 5.41) is 17.1. The number of aliphatic hydroxyl groups excluding tert-OH is 1. The van der Waals surface area contributed by atoms with E-state index in [9.17, 15) is 4.79 Å². The lowest BCUT2D eigenvalue weighted by atomic mass is 9.86. The second-order valence-corrected chi connectivity index (χ2v) is 6.38. The van der Waals surface area contributed by atoms with Crippen LogP contribution in [-0.2, 0) is 0 Å². The maximum Gasteiger partial charge on any atom is 0.272 e. The van der Waals surface area contributed by atoms with Gasteiger partial charge in [-0.15, -0.1) is 0 Å². The van der Waals surface area contributed by atoms with Gasteiger partial charge in [0.25, 0.3) is 5.91 Å². The molecule has 3 rings (SSSR count). The highest BCUT2D eigenvalue weighted by atomic mass is 35.5. The van der Waals surface area contributed by atoms with Gasteiger partial charge in [0.05, 0.1) is 10.7 Å². The van der Waals surface area contributed by atoms with Crippen molar-refractivity contribution in [1.82, 2.24) is 15.1 Å². The van der Waals surface area contributed by atoms with Crippen LogP contribution in [0.3, 0.4) is 0 Å². The van der Waals surface area contributed by atoms with Crippen LogP contribution in [0.4, 0.5) is 0 Å². The monoisotopic (exact) mass is 333 g/mol. The van der Waals surface area contributed by atoms with E-state index in [1.807, 2.05) is 18.2 Å². The quantitative estimate of drug-likeness (QED) is 0.904. The molecule has 2 aromatic rings. The number of amides is 1. The summed E-state index contributed by atoms with van der Waals surface area (Å²) >= 11 is 6.15. The summed E-state index contributed by atoms with van der Waals surface area (Å²) in [5.74, 6) is 0.214. The molecule has 0 atom stereocenters. The third-order valence-electron chi connectivity index (χ3n) is 4.36. The maximum absolute atomic E-state index is 12.3. The van der Waals surface area contributed by atoms with Gasteiger partial charge in [-0.05, 0) is 49.8 Å². The van der Waals surface area contributed by atoms with E-state index in [0.717, 1.165) is 31.4 Å². The number of benzene rings is 1. The summed E-state index contributed by atoms with van der Waals surface area (Å²) in [5.41, 5.74) is 1.13. The normalized spacial score (nSPS) is 21.1. The van der Waals surface area contributed by atoms with Crippen LogP contribution < -0.4 is 5.32 Å². The van der Waals surface area contributed by atoms with Crippen LogP contribution in [0.15, 0.2) is 36.5 Å². The molecule has 1 aliphatic carbocycles. The Morgan fingerprint density at radius 2 is 2.00 bits per heavy atom. The van der Waals surface area contributed by atoms with Crippen LogP contribution in [0.2, 0.25) is 5.02 Å². The molecule has 0 unspecified atom stereocenters. The topological polar surface area (TPSA) is 67.2 Å². The molecule has 0 saturated heterocycles. The smallest absolute Gasteiger partial charge is 0.272 e. The van der Waals surface area contributed by atoms with Crippen LogP contribution in [0, 0.1) is 5.92 Å². The van der Waals surface area contributed by atoms with Crippen molar-refractivity contribution in [2.45, 2.75) is 31.7 Å². The zero-order chi connectivity index (χ0) is 16.2. The molecule has 1 aromatic heterocycles. The Balaban J connectivity index is 1.64. The Kier molecular flexibility index (Phi) is 4.98. The van der Waals surface area contributed by atoms with Gasteiger partial charge < -0.3 is 10.4 Å². The van der Waals surface area contributed by atoms with Gasteiger partial charge in [0.1, 0.15) is 0 Å². The van der Waals surface area contributed by atoms with Crippen LogP contribution in [0.1, 0.15) is 36.2 Å². The summed E-state index contributed by atoms with van der Waals surface area (Å²) in [4.78, 5) is 12.3. The third kappa shape index (κ3) is 3.74. The van der Waals surface area contributed by atoms with E-state index >= 15 is 0 Å². The standard InChI is InChI=1S/C17H20ClN3O2/c18-14-3-1-2-4-16(14)21-10-9-15(20-21)17(23)19-13-7-5-12(11-22)6-8-13/h1-4,9-10,12-13,22H,5-8,11H2,(H,19,23). The fourth-order valence-electron chi connectivity index (χ4n) is 2.97. The SMILES string of the molecule is O=C(NC1CCC(CO)CC1)c1ccn(-c2ccccc2Cl)n1. The predicted molar refractivity (Wildman–Crippen MR) is 88.9 cm³/mol. The molecule has 1 amide bonds. The number of carbonyl (C=O) groups is 1. The molecule has 1 heterocycles. The van der Waals surface area contributed by atoms with E-state index in [0.29, 0.717) is 16.6 Å². The Morgan fingerprint density at radius 1 is 1.26 bits per heavy atom. The summed E-state index contributed by atoms with van der Waals surface area (Å²) in [6.45, 7) is 0.239. The van der Waals surface area contributed by atoms with Gasteiger partial charge in [0.15, 0.2) is 5.69 Å². The lowest BCUT2D eigenvalue weighted by Crippen LogP contribution is -2.38. The highest BCUT2D eigenvalue weighted by Crippen LogP contribution is 2.24. The van der Waals surface area contributed by atoms with Crippen molar-refractivity contribution < 1.29 is 9.90 Å². The fourth-order valence-corrected chi connectivity index (χ4v) is 3.19. The summed E-state index contributed by atoms with van der Waals surface area (Å²) in [7, 11) is 0. The first-order chi connectivity index (χ1) is 11.2. The molecule has 1 aliphatic rings. The number of nitrogens with one attached hydrogen (secondary N) is 1. The number of halogens is 1. The number of hydrogen-bond acceptors (Lipinski definition) is 3. The third-order valence-corrected chi connectivity index (χ3v) is 4.68. The molecule has 122 valence electrons. The predicted octanol–water partition coefficient (Wildman–Crippen LogP) is 2.81. The number of hydrogen-bond donors (Lipinski definition) is 2. The van der Waals surface area contributed by atoms with E-state index in [2.05, 4.69) is 10.4 Å². The van der Waals surface area contributed by atoms with Crippen molar-refractivity contribution >= 4 is 17.5 Å². The Hall–Kier alpha value is -1.85. The van der Waals surface area contributed by atoms with Gasteiger partial charge in [0.2, 0.25) is 0 Å². The number of para-hydroxylation sites is 1. The molecule has 1 saturated carbocycles. The summed E-state index contributed by atoms with van der Waals surface area (Å²) < 4.78 is 1.61. The molecular weight excluding hydrogens is 314 g/mol. The van der Waals surface area contributed by atoms with E-state index in [4.69, 9.17) is 16.7 Å². The first-order valence-electron chi connectivity index (χ1n) is 7.89. The highest BCUT2D eigenvalue weighted by molar-refractivity contribution is 6.32. The van der Waals surface area contributed by atoms with Crippen molar-refractivity contribution in [3.8, 4) is 5.69 Å². The van der Waals surface area contributed by atoms with Gasteiger partial charge in [-0.3, -0.25) is 4.79 Å². The van der Waals surface area contributed by atoms with Crippen LogP contribution in [-0.4, -0.2) is 33.4 Å². The molecule has 1 aromatic carbocycles. The molecular formula is C17H20ClN3O2. The second kappa shape index (κ2) is 7.15. The molecule has 0 spiro atoms. The number of rotatable bonds is 4. The average molecular weight is 334 g/mol. The van der Waals surface area contributed by atoms with Crippen molar-refractivity contribution in [2.75, 3.05) is 6.61 Å². The summed E-state index contributed by atoms with van der Waals surface area (Å²) in [6, 6.07) is 9.23. The minimum absolute atomic E-state index is 0.163. The van der Waals surface area contributed by atoms with E-state index < -0.39 is 0 Å². The Morgan fingerprint density at radius 3 is 2.70 bits per heavy atom. The van der Waals surface area contributed by atoms with Gasteiger partial charge in [-0.2, -0.15) is 5.10 Å². The Labute approximate surface area is 140 Å². The molecule has 0 bridgehead atoms.